The van der Waals surface area contributed by atoms with Crippen molar-refractivity contribution in [1.29, 1.82) is 0 Å². The summed E-state index contributed by atoms with van der Waals surface area (Å²) in [4.78, 5) is 14.8. The highest BCUT2D eigenvalue weighted by Crippen LogP contribution is 2.15. The third-order valence-corrected chi connectivity index (χ3v) is 2.86. The van der Waals surface area contributed by atoms with E-state index in [1.165, 1.54) is 0 Å². The minimum Gasteiger partial charge on any atom is -0.361 e. The maximum Gasteiger partial charge on any atom is 0.295 e. The molecule has 7 heteroatoms. The molecule has 2 N–H and O–H groups in total. The lowest BCUT2D eigenvalue weighted by atomic mass is 10.2. The van der Waals surface area contributed by atoms with Crippen molar-refractivity contribution in [2.24, 2.45) is 5.10 Å². The normalized spacial score (nSPS) is 11.2. The summed E-state index contributed by atoms with van der Waals surface area (Å²) in [6, 6.07) is 7.83. The molecule has 0 radical (unpaired) electrons. The Morgan fingerprint density at radius 3 is 3.05 bits per heavy atom. The van der Waals surface area contributed by atoms with E-state index in [1.54, 1.807) is 13.1 Å². The average Bonchev–Trinajstić information content (AvgIpc) is 3.05. The number of nitrogens with one attached hydrogen (secondary N) is 2. The molecule has 3 rings (SSSR count). The molecule has 0 saturated heterocycles. The van der Waals surface area contributed by atoms with Crippen LogP contribution in [0.4, 0.5) is 0 Å². The van der Waals surface area contributed by atoms with Gasteiger partial charge in [0.05, 0.1) is 6.21 Å². The van der Waals surface area contributed by atoms with E-state index < -0.39 is 5.91 Å². The Hall–Kier alpha value is -2.96. The van der Waals surface area contributed by atoms with E-state index in [1.807, 2.05) is 30.5 Å². The molecule has 1 aromatic carbocycles. The highest BCUT2D eigenvalue weighted by atomic mass is 16.6. The second-order valence-corrected chi connectivity index (χ2v) is 4.19. The lowest BCUT2D eigenvalue weighted by molar-refractivity contribution is 0.0945. The molecule has 0 aliphatic rings. The van der Waals surface area contributed by atoms with Gasteiger partial charge in [-0.2, -0.15) is 5.10 Å². The van der Waals surface area contributed by atoms with Crippen LogP contribution in [-0.2, 0) is 0 Å². The number of benzene rings is 1. The van der Waals surface area contributed by atoms with Gasteiger partial charge in [0.1, 0.15) is 5.69 Å². The Bertz CT molecular complexity index is 787. The van der Waals surface area contributed by atoms with E-state index in [0.717, 1.165) is 16.5 Å². The van der Waals surface area contributed by atoms with Crippen molar-refractivity contribution < 1.29 is 9.42 Å². The number of rotatable bonds is 3. The van der Waals surface area contributed by atoms with Gasteiger partial charge in [-0.3, -0.25) is 4.79 Å². The van der Waals surface area contributed by atoms with Crippen LogP contribution >= 0.6 is 0 Å². The number of para-hydroxylation sites is 1. The first-order valence-electron chi connectivity index (χ1n) is 5.94. The SMILES string of the molecule is Cc1nonc1C(=O)N/N=C\c1c[nH]c2ccccc12. The van der Waals surface area contributed by atoms with Crippen LogP contribution in [0.3, 0.4) is 0 Å². The standard InChI is InChI=1S/C13H11N5O2/c1-8-12(18-20-17-8)13(19)16-15-7-9-6-14-11-5-3-2-4-10(9)11/h2-7,14H,1H3,(H,16,19)/b15-7-. The second-order valence-electron chi connectivity index (χ2n) is 4.19. The lowest BCUT2D eigenvalue weighted by Crippen LogP contribution is -2.19. The van der Waals surface area contributed by atoms with Gasteiger partial charge in [-0.1, -0.05) is 23.4 Å². The summed E-state index contributed by atoms with van der Waals surface area (Å²) >= 11 is 0. The third kappa shape index (κ3) is 2.16. The molecule has 0 fully saturated rings. The highest BCUT2D eigenvalue weighted by Gasteiger charge is 2.13. The van der Waals surface area contributed by atoms with E-state index in [2.05, 4.69) is 30.5 Å². The van der Waals surface area contributed by atoms with Crippen molar-refractivity contribution in [3.63, 3.8) is 0 Å². The Labute approximate surface area is 113 Å². The number of carbonyl (C=O) groups is 1. The zero-order valence-corrected chi connectivity index (χ0v) is 10.6. The number of hydrazone groups is 1. The number of nitrogens with zero attached hydrogens (tertiary/aromatic N) is 3. The smallest absolute Gasteiger partial charge is 0.295 e. The quantitative estimate of drug-likeness (QED) is 0.557. The zero-order valence-electron chi connectivity index (χ0n) is 10.6. The Kier molecular flexibility index (Phi) is 3.00. The van der Waals surface area contributed by atoms with Gasteiger partial charge in [0.15, 0.2) is 5.69 Å². The summed E-state index contributed by atoms with van der Waals surface area (Å²) in [5, 5.41) is 12.0. The maximum absolute atomic E-state index is 11.7. The lowest BCUT2D eigenvalue weighted by Gasteiger charge is -1.94. The summed E-state index contributed by atoms with van der Waals surface area (Å²) < 4.78 is 4.46. The topological polar surface area (TPSA) is 96.2 Å². The first-order chi connectivity index (χ1) is 9.75. The summed E-state index contributed by atoms with van der Waals surface area (Å²) in [6.07, 6.45) is 3.39. The summed E-state index contributed by atoms with van der Waals surface area (Å²) in [5.41, 5.74) is 4.83. The van der Waals surface area contributed by atoms with Crippen LogP contribution in [0.2, 0.25) is 0 Å². The Morgan fingerprint density at radius 2 is 2.25 bits per heavy atom. The Morgan fingerprint density at radius 1 is 1.40 bits per heavy atom. The minimum atomic E-state index is -0.458. The molecule has 2 heterocycles. The first-order valence-corrected chi connectivity index (χ1v) is 5.94. The average molecular weight is 269 g/mol. The number of fused-ring (bicyclic) bond motifs is 1. The summed E-state index contributed by atoms with van der Waals surface area (Å²) in [5.74, 6) is -0.458. The predicted molar refractivity (Wildman–Crippen MR) is 72.4 cm³/mol. The fourth-order valence-corrected chi connectivity index (χ4v) is 1.85. The molecular formula is C13H11N5O2. The third-order valence-electron chi connectivity index (χ3n) is 2.86. The molecule has 20 heavy (non-hydrogen) atoms. The Balaban J connectivity index is 1.75. The van der Waals surface area contributed by atoms with Crippen LogP contribution in [0.25, 0.3) is 10.9 Å². The van der Waals surface area contributed by atoms with Gasteiger partial charge in [-0.15, -0.1) is 0 Å². The fourth-order valence-electron chi connectivity index (χ4n) is 1.85. The summed E-state index contributed by atoms with van der Waals surface area (Å²) in [6.45, 7) is 1.63. The molecule has 1 amide bonds. The largest absolute Gasteiger partial charge is 0.361 e. The van der Waals surface area contributed by atoms with Gasteiger partial charge >= 0.3 is 0 Å². The van der Waals surface area contributed by atoms with Gasteiger partial charge in [0.25, 0.3) is 5.91 Å². The van der Waals surface area contributed by atoms with Crippen LogP contribution < -0.4 is 5.43 Å². The van der Waals surface area contributed by atoms with Crippen LogP contribution in [0.5, 0.6) is 0 Å². The van der Waals surface area contributed by atoms with Gasteiger partial charge < -0.3 is 4.98 Å². The molecule has 0 unspecified atom stereocenters. The zero-order chi connectivity index (χ0) is 13.9. The first kappa shape index (κ1) is 12.1. The van der Waals surface area contributed by atoms with Gasteiger partial charge in [-0.25, -0.2) is 10.1 Å². The molecule has 0 bridgehead atoms. The number of aryl methyl sites for hydroxylation is 1. The van der Waals surface area contributed by atoms with Crippen LogP contribution in [0, 0.1) is 6.92 Å². The molecule has 100 valence electrons. The minimum absolute atomic E-state index is 0.126. The van der Waals surface area contributed by atoms with E-state index >= 15 is 0 Å². The van der Waals surface area contributed by atoms with Crippen molar-refractivity contribution in [2.45, 2.75) is 6.92 Å². The molecule has 0 atom stereocenters. The number of carbonyl (C=O) groups excluding carboxylic acids is 1. The fraction of sp³-hybridized carbons (Fsp3) is 0.0769. The molecular weight excluding hydrogens is 258 g/mol. The molecule has 3 aromatic rings. The van der Waals surface area contributed by atoms with Crippen molar-refractivity contribution in [2.75, 3.05) is 0 Å². The molecule has 0 aliphatic heterocycles. The number of H-pyrrole nitrogens is 1. The highest BCUT2D eigenvalue weighted by molar-refractivity contribution is 6.00. The van der Waals surface area contributed by atoms with Crippen molar-refractivity contribution in [3.05, 3.63) is 47.4 Å². The van der Waals surface area contributed by atoms with Crippen LogP contribution in [0.15, 0.2) is 40.2 Å². The molecule has 0 aliphatic carbocycles. The number of aromatic amines is 1. The van der Waals surface area contributed by atoms with E-state index in [-0.39, 0.29) is 5.69 Å². The summed E-state index contributed by atoms with van der Waals surface area (Å²) in [7, 11) is 0. The van der Waals surface area contributed by atoms with Gasteiger partial charge in [-0.05, 0) is 18.1 Å². The van der Waals surface area contributed by atoms with Crippen molar-refractivity contribution >= 4 is 23.0 Å². The van der Waals surface area contributed by atoms with Gasteiger partial charge in [0.2, 0.25) is 0 Å². The number of amides is 1. The number of hydrogen-bond donors (Lipinski definition) is 2. The maximum atomic E-state index is 11.7. The van der Waals surface area contributed by atoms with Crippen LogP contribution in [-0.4, -0.2) is 27.4 Å². The van der Waals surface area contributed by atoms with E-state index in [9.17, 15) is 4.79 Å². The molecule has 2 aromatic heterocycles. The number of aromatic nitrogens is 3. The predicted octanol–water partition coefficient (Wildman–Crippen LogP) is 1.62. The molecule has 0 spiro atoms. The van der Waals surface area contributed by atoms with Crippen LogP contribution in [0.1, 0.15) is 21.7 Å². The number of hydrogen-bond acceptors (Lipinski definition) is 5. The monoisotopic (exact) mass is 269 g/mol. The molecule has 7 nitrogen and oxygen atoms in total. The van der Waals surface area contributed by atoms with Crippen molar-refractivity contribution in [3.8, 4) is 0 Å². The second kappa shape index (κ2) is 4.96. The van der Waals surface area contributed by atoms with Crippen molar-refractivity contribution in [1.82, 2.24) is 20.7 Å². The van der Waals surface area contributed by atoms with E-state index in [0.29, 0.717) is 5.69 Å². The molecule has 0 saturated carbocycles. The van der Waals surface area contributed by atoms with E-state index in [4.69, 9.17) is 0 Å². The van der Waals surface area contributed by atoms with Gasteiger partial charge in [0, 0.05) is 22.7 Å².